The van der Waals surface area contributed by atoms with Crippen molar-refractivity contribution in [2.45, 2.75) is 42.4 Å². The second-order valence-electron chi connectivity index (χ2n) is 7.62. The van der Waals surface area contributed by atoms with Gasteiger partial charge in [0.15, 0.2) is 0 Å². The average molecular weight is 449 g/mol. The number of hydrogen-bond acceptors (Lipinski definition) is 4. The second kappa shape index (κ2) is 8.36. The maximum Gasteiger partial charge on any atom is 0.284 e. The molecule has 31 heavy (non-hydrogen) atoms. The molecule has 0 saturated carbocycles. The monoisotopic (exact) mass is 448 g/mol. The lowest BCUT2D eigenvalue weighted by Gasteiger charge is -2.15. The summed E-state index contributed by atoms with van der Waals surface area (Å²) in [7, 11) is -3.90. The van der Waals surface area contributed by atoms with Crippen molar-refractivity contribution in [1.82, 2.24) is 9.19 Å². The summed E-state index contributed by atoms with van der Waals surface area (Å²) in [5.74, 6) is 0. The molecule has 4 nitrogen and oxygen atoms in total. The largest absolute Gasteiger partial charge is 0.284 e. The van der Waals surface area contributed by atoms with E-state index in [0.29, 0.717) is 16.3 Å². The Hall–Kier alpha value is -2.83. The van der Waals surface area contributed by atoms with E-state index in [-0.39, 0.29) is 0 Å². The van der Waals surface area contributed by atoms with Gasteiger partial charge in [-0.25, -0.2) is 0 Å². The van der Waals surface area contributed by atoms with Gasteiger partial charge in [0.25, 0.3) is 10.0 Å². The van der Waals surface area contributed by atoms with Crippen LogP contribution in [0.3, 0.4) is 0 Å². The van der Waals surface area contributed by atoms with E-state index in [0.717, 1.165) is 32.0 Å². The first-order chi connectivity index (χ1) is 14.8. The van der Waals surface area contributed by atoms with Crippen molar-refractivity contribution < 1.29 is 8.42 Å². The van der Waals surface area contributed by atoms with E-state index in [4.69, 9.17) is 0 Å². The Bertz CT molecular complexity index is 1320. The molecule has 3 aromatic carbocycles. The highest BCUT2D eigenvalue weighted by Gasteiger charge is 2.29. The average Bonchev–Trinajstić information content (AvgIpc) is 3.05. The van der Waals surface area contributed by atoms with Crippen LogP contribution in [0.1, 0.15) is 22.4 Å². The molecule has 158 valence electrons. The molecule has 0 amide bonds. The summed E-state index contributed by atoms with van der Waals surface area (Å²) in [6.07, 6.45) is 0. The SMILES string of the molecule is Cc1cc(C)c(S(=O)(=O)n2nc(C)c(Sc3ccccc3)c2-c2ccccc2)c(C)c1. The van der Waals surface area contributed by atoms with Crippen molar-refractivity contribution in [3.05, 3.63) is 95.2 Å². The van der Waals surface area contributed by atoms with Gasteiger partial charge in [0.1, 0.15) is 5.69 Å². The van der Waals surface area contributed by atoms with Crippen LogP contribution in [-0.4, -0.2) is 17.6 Å². The molecule has 0 aliphatic heterocycles. The third-order valence-corrected chi connectivity index (χ3v) is 8.16. The summed E-state index contributed by atoms with van der Waals surface area (Å²) >= 11 is 1.53. The van der Waals surface area contributed by atoms with Gasteiger partial charge in [0, 0.05) is 10.5 Å². The first kappa shape index (κ1) is 21.4. The molecule has 0 saturated heterocycles. The third kappa shape index (κ3) is 4.05. The lowest BCUT2D eigenvalue weighted by atomic mass is 10.1. The number of nitrogens with zero attached hydrogens (tertiary/aromatic N) is 2. The fourth-order valence-corrected chi connectivity index (χ4v) is 6.74. The van der Waals surface area contributed by atoms with Crippen molar-refractivity contribution >= 4 is 21.8 Å². The fourth-order valence-electron chi connectivity index (χ4n) is 3.89. The third-order valence-electron chi connectivity index (χ3n) is 5.08. The summed E-state index contributed by atoms with van der Waals surface area (Å²) in [4.78, 5) is 2.18. The van der Waals surface area contributed by atoms with Crippen molar-refractivity contribution in [1.29, 1.82) is 0 Å². The molecule has 1 heterocycles. The lowest BCUT2D eigenvalue weighted by Crippen LogP contribution is -2.18. The Balaban J connectivity index is 1.98. The van der Waals surface area contributed by atoms with Gasteiger partial charge in [-0.3, -0.25) is 0 Å². The van der Waals surface area contributed by atoms with Crippen molar-refractivity contribution in [3.63, 3.8) is 0 Å². The summed E-state index contributed by atoms with van der Waals surface area (Å²) in [5.41, 5.74) is 4.57. The Morgan fingerprint density at radius 2 is 1.35 bits per heavy atom. The quantitative estimate of drug-likeness (QED) is 0.366. The van der Waals surface area contributed by atoms with Gasteiger partial charge in [-0.15, -0.1) is 0 Å². The number of aromatic nitrogens is 2. The van der Waals surface area contributed by atoms with Gasteiger partial charge in [-0.05, 0) is 51.0 Å². The van der Waals surface area contributed by atoms with Crippen LogP contribution < -0.4 is 0 Å². The Morgan fingerprint density at radius 3 is 1.94 bits per heavy atom. The van der Waals surface area contributed by atoms with E-state index in [9.17, 15) is 8.42 Å². The molecule has 0 aliphatic rings. The van der Waals surface area contributed by atoms with E-state index in [1.807, 2.05) is 100 Å². The molecule has 0 unspecified atom stereocenters. The molecular formula is C25H24N2O2S2. The van der Waals surface area contributed by atoms with E-state index in [2.05, 4.69) is 5.10 Å². The van der Waals surface area contributed by atoms with Crippen LogP contribution in [0.15, 0.2) is 87.5 Å². The Morgan fingerprint density at radius 1 is 0.806 bits per heavy atom. The van der Waals surface area contributed by atoms with Crippen LogP contribution in [0.25, 0.3) is 11.3 Å². The summed E-state index contributed by atoms with van der Waals surface area (Å²) < 4.78 is 29.0. The molecule has 0 spiro atoms. The van der Waals surface area contributed by atoms with Crippen LogP contribution in [0.2, 0.25) is 0 Å². The standard InChI is InChI=1S/C25H24N2O2S2/c1-17-15-18(2)25(19(3)16-17)31(28,29)27-23(21-11-7-5-8-12-21)24(20(4)26-27)30-22-13-9-6-10-14-22/h5-16H,1-4H3. The fraction of sp³-hybridized carbons (Fsp3) is 0.160. The zero-order valence-corrected chi connectivity index (χ0v) is 19.6. The lowest BCUT2D eigenvalue weighted by molar-refractivity contribution is 0.579. The van der Waals surface area contributed by atoms with Gasteiger partial charge in [0.05, 0.1) is 15.5 Å². The van der Waals surface area contributed by atoms with E-state index in [1.165, 1.54) is 15.8 Å². The minimum absolute atomic E-state index is 0.314. The number of aryl methyl sites for hydroxylation is 4. The molecular weight excluding hydrogens is 424 g/mol. The zero-order chi connectivity index (χ0) is 22.2. The van der Waals surface area contributed by atoms with Crippen molar-refractivity contribution in [2.24, 2.45) is 0 Å². The van der Waals surface area contributed by atoms with Gasteiger partial charge in [-0.2, -0.15) is 17.6 Å². The molecule has 6 heteroatoms. The highest BCUT2D eigenvalue weighted by atomic mass is 32.2. The maximum atomic E-state index is 13.9. The predicted octanol–water partition coefficient (Wildman–Crippen LogP) is 6.17. The number of hydrogen-bond donors (Lipinski definition) is 0. The van der Waals surface area contributed by atoms with Gasteiger partial charge < -0.3 is 0 Å². The zero-order valence-electron chi connectivity index (χ0n) is 18.0. The molecule has 0 fully saturated rings. The molecule has 4 aromatic rings. The number of benzene rings is 3. The predicted molar refractivity (Wildman–Crippen MR) is 126 cm³/mol. The highest BCUT2D eigenvalue weighted by molar-refractivity contribution is 7.99. The second-order valence-corrected chi connectivity index (χ2v) is 10.4. The summed E-state index contributed by atoms with van der Waals surface area (Å²) in [6.45, 7) is 7.51. The van der Waals surface area contributed by atoms with Crippen LogP contribution in [0, 0.1) is 27.7 Å². The first-order valence-corrected chi connectivity index (χ1v) is 12.3. The molecule has 0 aliphatic carbocycles. The van der Waals surface area contributed by atoms with E-state index in [1.54, 1.807) is 0 Å². The van der Waals surface area contributed by atoms with Crippen LogP contribution in [0.4, 0.5) is 0 Å². The Labute approximate surface area is 188 Å². The summed E-state index contributed by atoms with van der Waals surface area (Å²) in [5, 5.41) is 4.54. The van der Waals surface area contributed by atoms with E-state index >= 15 is 0 Å². The van der Waals surface area contributed by atoms with Crippen molar-refractivity contribution in [2.75, 3.05) is 0 Å². The van der Waals surface area contributed by atoms with Crippen LogP contribution in [-0.2, 0) is 10.0 Å². The summed E-state index contributed by atoms with van der Waals surface area (Å²) in [6, 6.07) is 23.3. The van der Waals surface area contributed by atoms with Gasteiger partial charge >= 0.3 is 0 Å². The highest BCUT2D eigenvalue weighted by Crippen LogP contribution is 2.40. The van der Waals surface area contributed by atoms with Crippen LogP contribution >= 0.6 is 11.8 Å². The minimum atomic E-state index is -3.90. The first-order valence-electron chi connectivity index (χ1n) is 10.0. The normalized spacial score (nSPS) is 11.6. The molecule has 0 atom stereocenters. The molecule has 0 bridgehead atoms. The topological polar surface area (TPSA) is 52.0 Å². The van der Waals surface area contributed by atoms with E-state index < -0.39 is 10.0 Å². The molecule has 1 aromatic heterocycles. The maximum absolute atomic E-state index is 13.9. The molecule has 4 rings (SSSR count). The minimum Gasteiger partial charge on any atom is -0.199 e. The molecule has 0 radical (unpaired) electrons. The van der Waals surface area contributed by atoms with Crippen LogP contribution in [0.5, 0.6) is 0 Å². The van der Waals surface area contributed by atoms with Gasteiger partial charge in [0.2, 0.25) is 0 Å². The smallest absolute Gasteiger partial charge is 0.199 e. The Kier molecular flexibility index (Phi) is 5.77. The molecule has 0 N–H and O–H groups in total. The van der Waals surface area contributed by atoms with Crippen molar-refractivity contribution in [3.8, 4) is 11.3 Å². The van der Waals surface area contributed by atoms with Gasteiger partial charge in [-0.1, -0.05) is 78.0 Å². The number of rotatable bonds is 5.